The summed E-state index contributed by atoms with van der Waals surface area (Å²) < 4.78 is 4.87. The summed E-state index contributed by atoms with van der Waals surface area (Å²) in [5.41, 5.74) is 0.277. The Morgan fingerprint density at radius 1 is 1.75 bits per heavy atom. The maximum absolute atomic E-state index is 11.3. The molecule has 0 aromatic carbocycles. The van der Waals surface area contributed by atoms with Gasteiger partial charge >= 0.3 is 0 Å². The van der Waals surface area contributed by atoms with Crippen LogP contribution in [0.2, 0.25) is 0 Å². The number of aryl methyl sites for hydroxylation is 1. The van der Waals surface area contributed by atoms with Gasteiger partial charge in [0.1, 0.15) is 5.76 Å². The molecule has 0 aliphatic heterocycles. The molecular weight excluding hydrogens is 160 g/mol. The molecule has 0 saturated carbocycles. The minimum atomic E-state index is -0.316. The maximum Gasteiger partial charge on any atom is 0.299 e. The van der Waals surface area contributed by atoms with Crippen molar-refractivity contribution in [1.29, 1.82) is 0 Å². The Hall–Kier alpha value is -1.36. The van der Waals surface area contributed by atoms with E-state index >= 15 is 0 Å². The number of carbonyl (C=O) groups excluding carboxylic acids is 1. The van der Waals surface area contributed by atoms with E-state index in [1.165, 1.54) is 20.6 Å². The Bertz CT molecular complexity index is 282. The quantitative estimate of drug-likeness (QED) is 0.610. The van der Waals surface area contributed by atoms with Crippen LogP contribution < -0.4 is 0 Å². The fraction of sp³-hybridized carbons (Fsp3) is 0.429. The lowest BCUT2D eigenvalue weighted by Gasteiger charge is -2.11. The number of carbonyl (C=O) groups is 1. The molecule has 1 rings (SSSR count). The molecule has 0 saturated heterocycles. The summed E-state index contributed by atoms with van der Waals surface area (Å²) >= 11 is 0. The van der Waals surface area contributed by atoms with Crippen LogP contribution in [0.1, 0.15) is 16.2 Å². The van der Waals surface area contributed by atoms with Crippen LogP contribution in [-0.2, 0) is 4.84 Å². The second-order valence-corrected chi connectivity index (χ2v) is 2.24. The highest BCUT2D eigenvalue weighted by molar-refractivity contribution is 5.92. The van der Waals surface area contributed by atoms with Gasteiger partial charge in [-0.2, -0.15) is 0 Å². The van der Waals surface area contributed by atoms with Crippen LogP contribution in [0.4, 0.5) is 0 Å². The lowest BCUT2D eigenvalue weighted by Crippen LogP contribution is -2.26. The second kappa shape index (κ2) is 3.36. The van der Waals surface area contributed by atoms with Crippen LogP contribution in [0.3, 0.4) is 0 Å². The van der Waals surface area contributed by atoms with E-state index in [0.29, 0.717) is 5.76 Å². The number of amides is 1. The number of hydrogen-bond donors (Lipinski definition) is 0. The van der Waals surface area contributed by atoms with Crippen LogP contribution in [0.15, 0.2) is 10.8 Å². The van der Waals surface area contributed by atoms with Gasteiger partial charge in [0.15, 0.2) is 12.1 Å². The zero-order valence-corrected chi connectivity index (χ0v) is 7.20. The first-order valence-corrected chi connectivity index (χ1v) is 3.39. The number of hydrogen-bond acceptors (Lipinski definition) is 4. The summed E-state index contributed by atoms with van der Waals surface area (Å²) in [4.78, 5) is 19.8. The van der Waals surface area contributed by atoms with E-state index in [0.717, 1.165) is 5.06 Å². The fourth-order valence-corrected chi connectivity index (χ4v) is 0.743. The SMILES string of the molecule is CON(C)C(=O)c1ncoc1C. The standard InChI is InChI=1S/C7H10N2O3/c1-5-6(8-4-12-5)7(10)9(2)11-3/h4H,1-3H3. The fourth-order valence-electron chi connectivity index (χ4n) is 0.743. The molecule has 0 fully saturated rings. The van der Waals surface area contributed by atoms with Crippen molar-refractivity contribution < 1.29 is 14.0 Å². The zero-order chi connectivity index (χ0) is 9.14. The Balaban J connectivity index is 2.85. The molecule has 0 aliphatic rings. The number of oxazole rings is 1. The average molecular weight is 170 g/mol. The first-order chi connectivity index (χ1) is 5.66. The van der Waals surface area contributed by atoms with Crippen LogP contribution in [0, 0.1) is 6.92 Å². The third-order valence-corrected chi connectivity index (χ3v) is 1.51. The van der Waals surface area contributed by atoms with Crippen molar-refractivity contribution in [3.05, 3.63) is 17.8 Å². The second-order valence-electron chi connectivity index (χ2n) is 2.24. The van der Waals surface area contributed by atoms with Crippen molar-refractivity contribution in [3.8, 4) is 0 Å². The van der Waals surface area contributed by atoms with Crippen LogP contribution >= 0.6 is 0 Å². The smallest absolute Gasteiger partial charge is 0.299 e. The number of aromatic nitrogens is 1. The molecule has 66 valence electrons. The molecule has 0 N–H and O–H groups in total. The highest BCUT2D eigenvalue weighted by Gasteiger charge is 2.17. The first kappa shape index (κ1) is 8.73. The number of hydroxylamine groups is 2. The molecule has 1 heterocycles. The van der Waals surface area contributed by atoms with E-state index in [9.17, 15) is 4.79 Å². The predicted molar refractivity (Wildman–Crippen MR) is 40.3 cm³/mol. The third kappa shape index (κ3) is 1.45. The Morgan fingerprint density at radius 3 is 2.83 bits per heavy atom. The molecule has 12 heavy (non-hydrogen) atoms. The Kier molecular flexibility index (Phi) is 2.44. The van der Waals surface area contributed by atoms with Crippen LogP contribution in [-0.4, -0.2) is 30.1 Å². The van der Waals surface area contributed by atoms with Gasteiger partial charge in [0.05, 0.1) is 7.11 Å². The van der Waals surface area contributed by atoms with E-state index in [-0.39, 0.29) is 11.6 Å². The van der Waals surface area contributed by atoms with Gasteiger partial charge in [-0.05, 0) is 6.92 Å². The lowest BCUT2D eigenvalue weighted by atomic mass is 10.3. The highest BCUT2D eigenvalue weighted by atomic mass is 16.7. The van der Waals surface area contributed by atoms with E-state index in [4.69, 9.17) is 9.25 Å². The molecule has 0 unspecified atom stereocenters. The predicted octanol–water partition coefficient (Wildman–Crippen LogP) is 0.616. The minimum Gasteiger partial charge on any atom is -0.448 e. The molecule has 1 aromatic rings. The largest absolute Gasteiger partial charge is 0.448 e. The Morgan fingerprint density at radius 2 is 2.42 bits per heavy atom. The lowest BCUT2D eigenvalue weighted by molar-refractivity contribution is -0.0761. The van der Waals surface area contributed by atoms with Crippen molar-refractivity contribution in [2.24, 2.45) is 0 Å². The van der Waals surface area contributed by atoms with Crippen molar-refractivity contribution in [3.63, 3.8) is 0 Å². The summed E-state index contributed by atoms with van der Waals surface area (Å²) in [6.45, 7) is 1.67. The number of rotatable bonds is 2. The molecule has 0 spiro atoms. The van der Waals surface area contributed by atoms with E-state index in [2.05, 4.69) is 4.98 Å². The van der Waals surface area contributed by atoms with Crippen molar-refractivity contribution in [2.45, 2.75) is 6.92 Å². The number of nitrogens with zero attached hydrogens (tertiary/aromatic N) is 2. The maximum atomic E-state index is 11.3. The molecule has 0 aliphatic carbocycles. The van der Waals surface area contributed by atoms with Gasteiger partial charge in [-0.3, -0.25) is 9.63 Å². The average Bonchev–Trinajstić information content (AvgIpc) is 2.48. The van der Waals surface area contributed by atoms with Gasteiger partial charge in [-0.15, -0.1) is 0 Å². The van der Waals surface area contributed by atoms with E-state index in [1.54, 1.807) is 6.92 Å². The van der Waals surface area contributed by atoms with Gasteiger partial charge in [-0.1, -0.05) is 0 Å². The minimum absolute atomic E-state index is 0.277. The molecule has 0 radical (unpaired) electrons. The van der Waals surface area contributed by atoms with Crippen LogP contribution in [0.5, 0.6) is 0 Å². The van der Waals surface area contributed by atoms with Gasteiger partial charge in [0, 0.05) is 7.05 Å². The van der Waals surface area contributed by atoms with E-state index < -0.39 is 0 Å². The summed E-state index contributed by atoms with van der Waals surface area (Å²) in [6.07, 6.45) is 1.23. The molecule has 0 bridgehead atoms. The van der Waals surface area contributed by atoms with Crippen molar-refractivity contribution in [2.75, 3.05) is 14.2 Å². The van der Waals surface area contributed by atoms with Gasteiger partial charge in [0.25, 0.3) is 5.91 Å². The van der Waals surface area contributed by atoms with Gasteiger partial charge in [-0.25, -0.2) is 10.0 Å². The Labute approximate surface area is 69.9 Å². The molecule has 1 aromatic heterocycles. The summed E-state index contributed by atoms with van der Waals surface area (Å²) in [5, 5.41) is 1.09. The van der Waals surface area contributed by atoms with Gasteiger partial charge < -0.3 is 4.42 Å². The molecule has 1 amide bonds. The van der Waals surface area contributed by atoms with Crippen molar-refractivity contribution >= 4 is 5.91 Å². The highest BCUT2D eigenvalue weighted by Crippen LogP contribution is 2.06. The first-order valence-electron chi connectivity index (χ1n) is 3.39. The summed E-state index contributed by atoms with van der Waals surface area (Å²) in [7, 11) is 2.92. The van der Waals surface area contributed by atoms with Gasteiger partial charge in [0.2, 0.25) is 0 Å². The molecule has 0 atom stereocenters. The monoisotopic (exact) mass is 170 g/mol. The van der Waals surface area contributed by atoms with E-state index in [1.807, 2.05) is 0 Å². The third-order valence-electron chi connectivity index (χ3n) is 1.51. The normalized spacial score (nSPS) is 9.92. The van der Waals surface area contributed by atoms with Crippen LogP contribution in [0.25, 0.3) is 0 Å². The zero-order valence-electron chi connectivity index (χ0n) is 7.20. The molecule has 5 heteroatoms. The van der Waals surface area contributed by atoms with Crippen molar-refractivity contribution in [1.82, 2.24) is 10.0 Å². The molecule has 5 nitrogen and oxygen atoms in total. The summed E-state index contributed by atoms with van der Waals surface area (Å²) in [5.74, 6) is 0.174. The summed E-state index contributed by atoms with van der Waals surface area (Å²) in [6, 6.07) is 0. The topological polar surface area (TPSA) is 55.6 Å². The molecular formula is C7H10N2O3.